The monoisotopic (exact) mass is 282 g/mol. The molecule has 0 radical (unpaired) electrons. The molecule has 1 aromatic heterocycles. The van der Waals surface area contributed by atoms with Gasteiger partial charge in [0.25, 0.3) is 0 Å². The van der Waals surface area contributed by atoms with Crippen molar-refractivity contribution in [2.75, 3.05) is 6.61 Å². The normalized spacial score (nSPS) is 24.4. The lowest BCUT2D eigenvalue weighted by Crippen LogP contribution is -2.21. The third kappa shape index (κ3) is 3.04. The predicted octanol–water partition coefficient (Wildman–Crippen LogP) is 3.22. The molecule has 16 heavy (non-hydrogen) atoms. The largest absolute Gasteiger partial charge is 0.463 e. The summed E-state index contributed by atoms with van der Waals surface area (Å²) in [7, 11) is 0. The Bertz CT molecular complexity index is 364. The van der Waals surface area contributed by atoms with Crippen LogP contribution in [-0.4, -0.2) is 16.6 Å². The summed E-state index contributed by atoms with van der Waals surface area (Å²) in [6.07, 6.45) is 10.1. The summed E-state index contributed by atoms with van der Waals surface area (Å²) in [6.45, 7) is 2.97. The molecule has 1 heterocycles. The molecule has 0 saturated heterocycles. The quantitative estimate of drug-likeness (QED) is 0.799. The minimum absolute atomic E-state index is 0.463. The third-order valence-corrected chi connectivity index (χ3v) is 3.35. The summed E-state index contributed by atoms with van der Waals surface area (Å²) in [4.78, 5) is 8.18. The van der Waals surface area contributed by atoms with Gasteiger partial charge in [-0.05, 0) is 40.6 Å². The Kier molecular flexibility index (Phi) is 3.93. The van der Waals surface area contributed by atoms with Crippen molar-refractivity contribution in [1.82, 2.24) is 9.97 Å². The lowest BCUT2D eigenvalue weighted by atomic mass is 9.85. The number of allylic oxidation sites excluding steroid dienone is 2. The molecular weight excluding hydrogens is 268 g/mol. The second kappa shape index (κ2) is 5.43. The van der Waals surface area contributed by atoms with Crippen molar-refractivity contribution >= 4 is 15.9 Å². The van der Waals surface area contributed by atoms with E-state index in [4.69, 9.17) is 4.74 Å². The van der Waals surface area contributed by atoms with Crippen LogP contribution in [0.2, 0.25) is 0 Å². The van der Waals surface area contributed by atoms with E-state index in [2.05, 4.69) is 45.0 Å². The fourth-order valence-electron chi connectivity index (χ4n) is 1.80. The molecule has 2 unspecified atom stereocenters. The molecule has 3 nitrogen and oxygen atoms in total. The number of ether oxygens (including phenoxy) is 1. The van der Waals surface area contributed by atoms with Crippen LogP contribution in [0.15, 0.2) is 29.0 Å². The average molecular weight is 283 g/mol. The van der Waals surface area contributed by atoms with Gasteiger partial charge in [-0.25, -0.2) is 9.97 Å². The molecule has 0 fully saturated rings. The van der Waals surface area contributed by atoms with E-state index in [-0.39, 0.29) is 0 Å². The van der Waals surface area contributed by atoms with Crippen LogP contribution in [0.1, 0.15) is 19.8 Å². The van der Waals surface area contributed by atoms with E-state index in [0.717, 1.165) is 17.3 Å². The van der Waals surface area contributed by atoms with Gasteiger partial charge < -0.3 is 4.74 Å². The van der Waals surface area contributed by atoms with Crippen molar-refractivity contribution in [2.45, 2.75) is 19.8 Å². The molecule has 2 rings (SSSR count). The smallest absolute Gasteiger partial charge is 0.316 e. The number of rotatable bonds is 3. The highest BCUT2D eigenvalue weighted by Gasteiger charge is 2.19. The number of hydrogen-bond donors (Lipinski definition) is 0. The second-order valence-corrected chi connectivity index (χ2v) is 5.09. The fourth-order valence-corrected chi connectivity index (χ4v) is 2.00. The van der Waals surface area contributed by atoms with Crippen molar-refractivity contribution in [3.05, 3.63) is 29.0 Å². The Morgan fingerprint density at radius 1 is 1.31 bits per heavy atom. The van der Waals surface area contributed by atoms with Crippen LogP contribution in [0.5, 0.6) is 6.01 Å². The lowest BCUT2D eigenvalue weighted by Gasteiger charge is -2.24. The van der Waals surface area contributed by atoms with E-state index in [1.807, 2.05) is 0 Å². The molecule has 0 aromatic carbocycles. The summed E-state index contributed by atoms with van der Waals surface area (Å²) < 4.78 is 6.46. The Hall–Kier alpha value is -0.900. The predicted molar refractivity (Wildman–Crippen MR) is 66.3 cm³/mol. The molecule has 4 heteroatoms. The summed E-state index contributed by atoms with van der Waals surface area (Å²) in [5.74, 6) is 1.26. The zero-order valence-corrected chi connectivity index (χ0v) is 10.9. The fraction of sp³-hybridized carbons (Fsp3) is 0.500. The summed E-state index contributed by atoms with van der Waals surface area (Å²) in [5.41, 5.74) is 0. The number of aromatic nitrogens is 2. The van der Waals surface area contributed by atoms with Gasteiger partial charge in [0, 0.05) is 12.4 Å². The van der Waals surface area contributed by atoms with E-state index in [1.165, 1.54) is 0 Å². The molecule has 86 valence electrons. The molecule has 0 saturated carbocycles. The van der Waals surface area contributed by atoms with Gasteiger partial charge in [-0.2, -0.15) is 0 Å². The van der Waals surface area contributed by atoms with E-state index in [9.17, 15) is 0 Å². The van der Waals surface area contributed by atoms with Crippen molar-refractivity contribution in [3.63, 3.8) is 0 Å². The topological polar surface area (TPSA) is 35.0 Å². The van der Waals surface area contributed by atoms with Gasteiger partial charge in [0.15, 0.2) is 0 Å². The van der Waals surface area contributed by atoms with E-state index in [0.29, 0.717) is 24.5 Å². The zero-order valence-electron chi connectivity index (χ0n) is 9.27. The van der Waals surface area contributed by atoms with Crippen LogP contribution in [0.3, 0.4) is 0 Å². The van der Waals surface area contributed by atoms with Gasteiger partial charge in [-0.3, -0.25) is 0 Å². The standard InChI is InChI=1S/C12H15BrN2O/c1-9-4-2-3-5-10(9)8-16-12-14-6-11(13)7-15-12/h2-3,6-7,9-10H,4-5,8H2,1H3. The first-order valence-electron chi connectivity index (χ1n) is 5.51. The maximum absolute atomic E-state index is 5.59. The zero-order chi connectivity index (χ0) is 11.4. The summed E-state index contributed by atoms with van der Waals surface area (Å²) in [5, 5.41) is 0. The second-order valence-electron chi connectivity index (χ2n) is 4.18. The maximum atomic E-state index is 5.59. The Morgan fingerprint density at radius 2 is 2.00 bits per heavy atom. The molecular formula is C12H15BrN2O. The van der Waals surface area contributed by atoms with Crippen molar-refractivity contribution < 1.29 is 4.74 Å². The maximum Gasteiger partial charge on any atom is 0.316 e. The van der Waals surface area contributed by atoms with Crippen LogP contribution in [0.25, 0.3) is 0 Å². The minimum Gasteiger partial charge on any atom is -0.463 e. The van der Waals surface area contributed by atoms with E-state index < -0.39 is 0 Å². The molecule has 0 amide bonds. The molecule has 1 aliphatic carbocycles. The van der Waals surface area contributed by atoms with Crippen LogP contribution in [0, 0.1) is 11.8 Å². The SMILES string of the molecule is CC1CC=CCC1COc1ncc(Br)cn1. The van der Waals surface area contributed by atoms with Gasteiger partial charge in [0.05, 0.1) is 11.1 Å². The van der Waals surface area contributed by atoms with Crippen LogP contribution >= 0.6 is 15.9 Å². The molecule has 2 atom stereocenters. The number of nitrogens with zero attached hydrogens (tertiary/aromatic N) is 2. The molecule has 1 aromatic rings. The molecule has 0 N–H and O–H groups in total. The molecule has 1 aliphatic rings. The number of hydrogen-bond acceptors (Lipinski definition) is 3. The van der Waals surface area contributed by atoms with Gasteiger partial charge in [0.2, 0.25) is 0 Å². The molecule has 0 spiro atoms. The van der Waals surface area contributed by atoms with Gasteiger partial charge in [-0.1, -0.05) is 19.1 Å². The van der Waals surface area contributed by atoms with Crippen molar-refractivity contribution in [3.8, 4) is 6.01 Å². The minimum atomic E-state index is 0.463. The van der Waals surface area contributed by atoms with E-state index >= 15 is 0 Å². The number of halogens is 1. The third-order valence-electron chi connectivity index (χ3n) is 2.94. The first-order chi connectivity index (χ1) is 7.75. The van der Waals surface area contributed by atoms with E-state index in [1.54, 1.807) is 12.4 Å². The Labute approximate surface area is 104 Å². The average Bonchev–Trinajstić information content (AvgIpc) is 2.30. The molecule has 0 bridgehead atoms. The highest BCUT2D eigenvalue weighted by Crippen LogP contribution is 2.25. The Balaban J connectivity index is 1.87. The Morgan fingerprint density at radius 3 is 2.69 bits per heavy atom. The van der Waals surface area contributed by atoms with Gasteiger partial charge >= 0.3 is 6.01 Å². The summed E-state index contributed by atoms with van der Waals surface area (Å²) >= 11 is 3.29. The first kappa shape index (κ1) is 11.6. The lowest BCUT2D eigenvalue weighted by molar-refractivity contribution is 0.186. The van der Waals surface area contributed by atoms with Crippen LogP contribution < -0.4 is 4.74 Å². The van der Waals surface area contributed by atoms with Crippen LogP contribution in [-0.2, 0) is 0 Å². The van der Waals surface area contributed by atoms with Gasteiger partial charge in [0.1, 0.15) is 0 Å². The summed E-state index contributed by atoms with van der Waals surface area (Å²) in [6, 6.07) is 0.463. The van der Waals surface area contributed by atoms with Gasteiger partial charge in [-0.15, -0.1) is 0 Å². The van der Waals surface area contributed by atoms with Crippen LogP contribution in [0.4, 0.5) is 0 Å². The molecule has 0 aliphatic heterocycles. The van der Waals surface area contributed by atoms with Crippen molar-refractivity contribution in [1.29, 1.82) is 0 Å². The highest BCUT2D eigenvalue weighted by molar-refractivity contribution is 9.10. The van der Waals surface area contributed by atoms with Crippen molar-refractivity contribution in [2.24, 2.45) is 11.8 Å². The first-order valence-corrected chi connectivity index (χ1v) is 6.30. The highest BCUT2D eigenvalue weighted by atomic mass is 79.9.